The van der Waals surface area contributed by atoms with Gasteiger partial charge in [-0.1, -0.05) is 18.2 Å². The fraction of sp³-hybridized carbons (Fsp3) is 0.333. The second-order valence-electron chi connectivity index (χ2n) is 4.52. The number of rotatable bonds is 4. The quantitative estimate of drug-likeness (QED) is 0.814. The summed E-state index contributed by atoms with van der Waals surface area (Å²) >= 11 is 1.46. The third-order valence-electron chi connectivity index (χ3n) is 3.06. The molecule has 2 rings (SSSR count). The normalized spacial score (nSPS) is 10.6. The summed E-state index contributed by atoms with van der Waals surface area (Å²) in [5.74, 6) is -0.529. The summed E-state index contributed by atoms with van der Waals surface area (Å²) in [4.78, 5) is 25.9. The molecule has 0 saturated heterocycles. The topological polar surface area (TPSA) is 46.6 Å². The first-order valence-electron chi connectivity index (χ1n) is 6.43. The Morgan fingerprint density at radius 1 is 1.30 bits per heavy atom. The van der Waals surface area contributed by atoms with Crippen LogP contribution in [-0.2, 0) is 9.53 Å². The number of hydrogen-bond donors (Lipinski definition) is 0. The Morgan fingerprint density at radius 2 is 2.00 bits per heavy atom. The van der Waals surface area contributed by atoms with Gasteiger partial charge in [-0.25, -0.2) is 0 Å². The number of nitrogens with zero attached hydrogens (tertiary/aromatic N) is 1. The van der Waals surface area contributed by atoms with Gasteiger partial charge in [-0.2, -0.15) is 0 Å². The first kappa shape index (κ1) is 14.5. The summed E-state index contributed by atoms with van der Waals surface area (Å²) in [6.07, 6.45) is 0. The van der Waals surface area contributed by atoms with Crippen molar-refractivity contribution in [3.8, 4) is 0 Å². The SMILES string of the molecule is CCOC(=O)CN(C)C(=O)c1sc2ccccc2c1C. The van der Waals surface area contributed by atoms with Crippen molar-refractivity contribution < 1.29 is 14.3 Å². The van der Waals surface area contributed by atoms with E-state index in [4.69, 9.17) is 4.74 Å². The van der Waals surface area contributed by atoms with Crippen molar-refractivity contribution in [1.82, 2.24) is 4.90 Å². The van der Waals surface area contributed by atoms with E-state index in [0.29, 0.717) is 11.5 Å². The van der Waals surface area contributed by atoms with Gasteiger partial charge in [0.25, 0.3) is 5.91 Å². The number of esters is 1. The summed E-state index contributed by atoms with van der Waals surface area (Å²) in [7, 11) is 1.61. The third kappa shape index (κ3) is 2.82. The maximum Gasteiger partial charge on any atom is 0.325 e. The van der Waals surface area contributed by atoms with Crippen LogP contribution in [0.2, 0.25) is 0 Å². The van der Waals surface area contributed by atoms with Crippen molar-refractivity contribution in [3.05, 3.63) is 34.7 Å². The molecule has 0 aliphatic heterocycles. The first-order valence-corrected chi connectivity index (χ1v) is 7.25. The molecule has 1 aromatic carbocycles. The van der Waals surface area contributed by atoms with Crippen LogP contribution in [0.15, 0.2) is 24.3 Å². The van der Waals surface area contributed by atoms with Crippen LogP contribution in [0.25, 0.3) is 10.1 Å². The summed E-state index contributed by atoms with van der Waals surface area (Å²) < 4.78 is 5.94. The largest absolute Gasteiger partial charge is 0.465 e. The Balaban J connectivity index is 2.22. The van der Waals surface area contributed by atoms with E-state index < -0.39 is 0 Å². The number of carbonyl (C=O) groups excluding carboxylic acids is 2. The van der Waals surface area contributed by atoms with Crippen LogP contribution < -0.4 is 0 Å². The van der Waals surface area contributed by atoms with Crippen molar-refractivity contribution in [3.63, 3.8) is 0 Å². The molecule has 1 amide bonds. The molecule has 106 valence electrons. The fourth-order valence-corrected chi connectivity index (χ4v) is 3.23. The lowest BCUT2D eigenvalue weighted by molar-refractivity contribution is -0.143. The van der Waals surface area contributed by atoms with Crippen molar-refractivity contribution in [1.29, 1.82) is 0 Å². The number of likely N-dealkylation sites (N-methyl/N-ethyl adjacent to an activating group) is 1. The van der Waals surface area contributed by atoms with Gasteiger partial charge in [0.15, 0.2) is 0 Å². The smallest absolute Gasteiger partial charge is 0.325 e. The fourth-order valence-electron chi connectivity index (χ4n) is 2.02. The molecular weight excluding hydrogens is 274 g/mol. The number of ether oxygens (including phenoxy) is 1. The highest BCUT2D eigenvalue weighted by Gasteiger charge is 2.20. The van der Waals surface area contributed by atoms with Gasteiger partial charge in [0.2, 0.25) is 0 Å². The minimum absolute atomic E-state index is 0.0274. The Morgan fingerprint density at radius 3 is 2.65 bits per heavy atom. The van der Waals surface area contributed by atoms with Crippen LogP contribution in [0.5, 0.6) is 0 Å². The number of carbonyl (C=O) groups is 2. The lowest BCUT2D eigenvalue weighted by atomic mass is 10.1. The van der Waals surface area contributed by atoms with E-state index >= 15 is 0 Å². The second-order valence-corrected chi connectivity index (χ2v) is 5.57. The molecule has 4 nitrogen and oxygen atoms in total. The van der Waals surface area contributed by atoms with Gasteiger partial charge in [-0.3, -0.25) is 9.59 Å². The van der Waals surface area contributed by atoms with E-state index in [1.54, 1.807) is 14.0 Å². The highest BCUT2D eigenvalue weighted by molar-refractivity contribution is 7.21. The number of amides is 1. The highest BCUT2D eigenvalue weighted by Crippen LogP contribution is 2.31. The van der Waals surface area contributed by atoms with Gasteiger partial charge in [0.1, 0.15) is 6.54 Å². The predicted octanol–water partition coefficient (Wildman–Crippen LogP) is 2.84. The molecule has 2 aromatic rings. The lowest BCUT2D eigenvalue weighted by Crippen LogP contribution is -2.32. The first-order chi connectivity index (χ1) is 9.54. The maximum absolute atomic E-state index is 12.4. The van der Waals surface area contributed by atoms with Crippen LogP contribution in [0, 0.1) is 6.92 Å². The maximum atomic E-state index is 12.4. The van der Waals surface area contributed by atoms with Crippen LogP contribution in [-0.4, -0.2) is 37.0 Å². The molecule has 20 heavy (non-hydrogen) atoms. The molecular formula is C15H17NO3S. The van der Waals surface area contributed by atoms with E-state index in [1.165, 1.54) is 16.2 Å². The molecule has 0 aliphatic rings. The average Bonchev–Trinajstić information content (AvgIpc) is 2.76. The number of aryl methyl sites for hydroxylation is 1. The molecule has 0 spiro atoms. The highest BCUT2D eigenvalue weighted by atomic mass is 32.1. The standard InChI is InChI=1S/C15H17NO3S/c1-4-19-13(17)9-16(3)15(18)14-10(2)11-7-5-6-8-12(11)20-14/h5-8H,4,9H2,1-3H3. The zero-order valence-electron chi connectivity index (χ0n) is 11.8. The Bertz CT molecular complexity index is 648. The van der Waals surface area contributed by atoms with Crippen LogP contribution in [0.3, 0.4) is 0 Å². The van der Waals surface area contributed by atoms with Gasteiger partial charge in [0, 0.05) is 11.7 Å². The average molecular weight is 291 g/mol. The zero-order valence-corrected chi connectivity index (χ0v) is 12.6. The Hall–Kier alpha value is -1.88. The van der Waals surface area contributed by atoms with E-state index in [-0.39, 0.29) is 18.4 Å². The predicted molar refractivity (Wildman–Crippen MR) is 80.2 cm³/mol. The Kier molecular flexibility index (Phi) is 4.39. The number of fused-ring (bicyclic) bond motifs is 1. The molecule has 0 saturated carbocycles. The minimum atomic E-state index is -0.387. The van der Waals surface area contributed by atoms with Crippen LogP contribution in [0.1, 0.15) is 22.2 Å². The summed E-state index contributed by atoms with van der Waals surface area (Å²) in [6.45, 7) is 3.98. The molecule has 1 heterocycles. The second kappa shape index (κ2) is 6.05. The van der Waals surface area contributed by atoms with Gasteiger partial charge in [-0.05, 0) is 30.9 Å². The minimum Gasteiger partial charge on any atom is -0.465 e. The van der Waals surface area contributed by atoms with Crippen molar-refractivity contribution in [2.75, 3.05) is 20.2 Å². The van der Waals surface area contributed by atoms with Crippen molar-refractivity contribution in [2.24, 2.45) is 0 Å². The summed E-state index contributed by atoms with van der Waals surface area (Å²) in [5.41, 5.74) is 0.964. The zero-order chi connectivity index (χ0) is 14.7. The van der Waals surface area contributed by atoms with Crippen molar-refractivity contribution in [2.45, 2.75) is 13.8 Å². The van der Waals surface area contributed by atoms with E-state index in [1.807, 2.05) is 31.2 Å². The third-order valence-corrected chi connectivity index (χ3v) is 4.32. The van der Waals surface area contributed by atoms with E-state index in [0.717, 1.165) is 15.6 Å². The molecule has 0 atom stereocenters. The number of benzene rings is 1. The van der Waals surface area contributed by atoms with E-state index in [2.05, 4.69) is 0 Å². The summed E-state index contributed by atoms with van der Waals surface area (Å²) in [6, 6.07) is 7.91. The number of hydrogen-bond acceptors (Lipinski definition) is 4. The molecule has 1 aromatic heterocycles. The molecule has 0 radical (unpaired) electrons. The van der Waals surface area contributed by atoms with Crippen LogP contribution >= 0.6 is 11.3 Å². The van der Waals surface area contributed by atoms with Crippen LogP contribution in [0.4, 0.5) is 0 Å². The lowest BCUT2D eigenvalue weighted by Gasteiger charge is -2.15. The molecule has 0 N–H and O–H groups in total. The van der Waals surface area contributed by atoms with Gasteiger partial charge in [-0.15, -0.1) is 11.3 Å². The molecule has 0 aliphatic carbocycles. The number of thiophene rings is 1. The van der Waals surface area contributed by atoms with Crippen molar-refractivity contribution >= 4 is 33.3 Å². The monoisotopic (exact) mass is 291 g/mol. The summed E-state index contributed by atoms with van der Waals surface area (Å²) in [5, 5.41) is 1.09. The van der Waals surface area contributed by atoms with Gasteiger partial charge < -0.3 is 9.64 Å². The van der Waals surface area contributed by atoms with Gasteiger partial charge >= 0.3 is 5.97 Å². The molecule has 0 unspecified atom stereocenters. The molecule has 5 heteroatoms. The molecule has 0 bridgehead atoms. The Labute approximate surface area is 122 Å². The van der Waals surface area contributed by atoms with Gasteiger partial charge in [0.05, 0.1) is 11.5 Å². The van der Waals surface area contributed by atoms with E-state index in [9.17, 15) is 9.59 Å². The molecule has 0 fully saturated rings.